The monoisotopic (exact) mass is 292 g/mol. The van der Waals surface area contributed by atoms with Gasteiger partial charge in [0.2, 0.25) is 0 Å². The summed E-state index contributed by atoms with van der Waals surface area (Å²) < 4.78 is 22.0. The number of nitrogens with zero attached hydrogens (tertiary/aromatic N) is 1. The van der Waals surface area contributed by atoms with Gasteiger partial charge in [-0.2, -0.15) is 17.0 Å². The van der Waals surface area contributed by atoms with Crippen molar-refractivity contribution in [2.45, 2.75) is 44.4 Å². The Kier molecular flexibility index (Phi) is 7.92. The maximum atomic E-state index is 11.0. The number of sulfone groups is 1. The number of thioether (sulfide) groups is 1. The van der Waals surface area contributed by atoms with Crippen LogP contribution < -0.4 is 5.32 Å². The Hall–Kier alpha value is -0.250. The lowest BCUT2D eigenvalue weighted by molar-refractivity contribution is 0.419. The molecular weight excluding hydrogens is 268 g/mol. The van der Waals surface area contributed by atoms with Gasteiger partial charge in [0.1, 0.15) is 15.4 Å². The van der Waals surface area contributed by atoms with E-state index < -0.39 is 15.4 Å². The van der Waals surface area contributed by atoms with Gasteiger partial charge >= 0.3 is 0 Å². The van der Waals surface area contributed by atoms with Crippen molar-refractivity contribution < 1.29 is 8.42 Å². The zero-order valence-electron chi connectivity index (χ0n) is 11.7. The van der Waals surface area contributed by atoms with E-state index >= 15 is 0 Å². The lowest BCUT2D eigenvalue weighted by Gasteiger charge is -2.26. The van der Waals surface area contributed by atoms with Crippen LogP contribution in [-0.4, -0.2) is 43.5 Å². The summed E-state index contributed by atoms with van der Waals surface area (Å²) in [7, 11) is -2.88. The molecule has 0 amide bonds. The SMILES string of the molecule is CCCNC(C)(C#N)CC(C)SCCS(C)(=O)=O. The highest BCUT2D eigenvalue weighted by Crippen LogP contribution is 2.21. The van der Waals surface area contributed by atoms with Crippen molar-refractivity contribution in [1.82, 2.24) is 5.32 Å². The summed E-state index contributed by atoms with van der Waals surface area (Å²) in [5.74, 6) is 0.795. The van der Waals surface area contributed by atoms with E-state index in [1.165, 1.54) is 6.26 Å². The fraction of sp³-hybridized carbons (Fsp3) is 0.917. The molecule has 0 rings (SSSR count). The molecule has 6 heteroatoms. The highest BCUT2D eigenvalue weighted by molar-refractivity contribution is 8.01. The van der Waals surface area contributed by atoms with E-state index in [-0.39, 0.29) is 11.0 Å². The lowest BCUT2D eigenvalue weighted by atomic mass is 9.98. The van der Waals surface area contributed by atoms with Crippen LogP contribution in [0.2, 0.25) is 0 Å². The highest BCUT2D eigenvalue weighted by Gasteiger charge is 2.25. The Labute approximate surface area is 115 Å². The fourth-order valence-corrected chi connectivity index (χ4v) is 4.04. The molecule has 106 valence electrons. The van der Waals surface area contributed by atoms with Crippen LogP contribution in [0.4, 0.5) is 0 Å². The molecule has 0 fully saturated rings. The molecule has 0 saturated carbocycles. The summed E-state index contributed by atoms with van der Waals surface area (Å²) in [6.07, 6.45) is 2.96. The second-order valence-corrected chi connectivity index (χ2v) is 8.69. The molecule has 0 aliphatic rings. The molecule has 0 spiro atoms. The average Bonchev–Trinajstić information content (AvgIpc) is 2.24. The standard InChI is InChI=1S/C12H24N2O2S2/c1-5-6-14-12(3,10-13)9-11(2)17-7-8-18(4,15)16/h11,14H,5-9H2,1-4H3. The van der Waals surface area contributed by atoms with Crippen LogP contribution in [0.5, 0.6) is 0 Å². The van der Waals surface area contributed by atoms with E-state index in [2.05, 4.69) is 18.3 Å². The topological polar surface area (TPSA) is 70.0 Å². The predicted molar refractivity (Wildman–Crippen MR) is 78.6 cm³/mol. The molecular formula is C12H24N2O2S2. The van der Waals surface area contributed by atoms with Crippen molar-refractivity contribution in [3.63, 3.8) is 0 Å². The first-order valence-electron chi connectivity index (χ1n) is 6.18. The van der Waals surface area contributed by atoms with Gasteiger partial charge in [0.05, 0.1) is 11.8 Å². The first-order valence-corrected chi connectivity index (χ1v) is 9.29. The maximum Gasteiger partial charge on any atom is 0.148 e. The number of hydrogen-bond acceptors (Lipinski definition) is 5. The molecule has 0 radical (unpaired) electrons. The summed E-state index contributed by atoms with van der Waals surface area (Å²) in [5, 5.41) is 12.7. The first kappa shape index (κ1) is 17.8. The van der Waals surface area contributed by atoms with Crippen LogP contribution in [-0.2, 0) is 9.84 Å². The van der Waals surface area contributed by atoms with E-state index in [4.69, 9.17) is 0 Å². The van der Waals surface area contributed by atoms with Gasteiger partial charge in [-0.15, -0.1) is 0 Å². The number of hydrogen-bond donors (Lipinski definition) is 1. The van der Waals surface area contributed by atoms with E-state index in [9.17, 15) is 13.7 Å². The molecule has 4 nitrogen and oxygen atoms in total. The molecule has 0 heterocycles. The molecule has 0 bridgehead atoms. The quantitative estimate of drug-likeness (QED) is 0.702. The molecule has 0 aliphatic heterocycles. The van der Waals surface area contributed by atoms with Crippen molar-refractivity contribution in [2.24, 2.45) is 0 Å². The van der Waals surface area contributed by atoms with Crippen molar-refractivity contribution in [1.29, 1.82) is 5.26 Å². The minimum atomic E-state index is -2.88. The number of nitriles is 1. The van der Waals surface area contributed by atoms with Gasteiger partial charge in [0.25, 0.3) is 0 Å². The average molecular weight is 292 g/mol. The smallest absolute Gasteiger partial charge is 0.148 e. The number of rotatable bonds is 9. The second-order valence-electron chi connectivity index (χ2n) is 4.89. The van der Waals surface area contributed by atoms with E-state index in [1.807, 2.05) is 13.8 Å². The summed E-state index contributed by atoms with van der Waals surface area (Å²) in [6, 6.07) is 2.31. The third-order valence-electron chi connectivity index (χ3n) is 2.56. The Bertz CT molecular complexity index is 376. The summed E-state index contributed by atoms with van der Waals surface area (Å²) in [6.45, 7) is 6.83. The predicted octanol–water partition coefficient (Wildman–Crippen LogP) is 1.82. The van der Waals surface area contributed by atoms with Gasteiger partial charge in [-0.25, -0.2) is 8.42 Å². The van der Waals surface area contributed by atoms with Crippen molar-refractivity contribution >= 4 is 21.6 Å². The molecule has 0 aromatic carbocycles. The molecule has 0 saturated heterocycles. The summed E-state index contributed by atoms with van der Waals surface area (Å²) >= 11 is 1.61. The van der Waals surface area contributed by atoms with Crippen LogP contribution >= 0.6 is 11.8 Å². The van der Waals surface area contributed by atoms with Crippen molar-refractivity contribution in [3.05, 3.63) is 0 Å². The molecule has 18 heavy (non-hydrogen) atoms. The van der Waals surface area contributed by atoms with Crippen LogP contribution in [0.25, 0.3) is 0 Å². The lowest BCUT2D eigenvalue weighted by Crippen LogP contribution is -2.43. The minimum absolute atomic E-state index is 0.202. The summed E-state index contributed by atoms with van der Waals surface area (Å²) in [5.41, 5.74) is -0.520. The van der Waals surface area contributed by atoms with E-state index in [0.717, 1.165) is 19.4 Å². The molecule has 0 aromatic rings. The first-order chi connectivity index (χ1) is 8.22. The van der Waals surface area contributed by atoms with Gasteiger partial charge in [-0.05, 0) is 26.3 Å². The summed E-state index contributed by atoms with van der Waals surface area (Å²) in [4.78, 5) is 0. The Morgan fingerprint density at radius 3 is 2.56 bits per heavy atom. The van der Waals surface area contributed by atoms with E-state index in [0.29, 0.717) is 5.75 Å². The molecule has 0 aliphatic carbocycles. The number of nitrogens with one attached hydrogen (secondary N) is 1. The third kappa shape index (κ3) is 8.78. The van der Waals surface area contributed by atoms with Gasteiger partial charge < -0.3 is 0 Å². The Morgan fingerprint density at radius 2 is 2.11 bits per heavy atom. The zero-order valence-corrected chi connectivity index (χ0v) is 13.3. The Balaban J connectivity index is 4.12. The van der Waals surface area contributed by atoms with Gasteiger partial charge in [0, 0.05) is 17.3 Å². The zero-order chi connectivity index (χ0) is 14.2. The molecule has 1 N–H and O–H groups in total. The molecule has 2 atom stereocenters. The van der Waals surface area contributed by atoms with Gasteiger partial charge in [-0.3, -0.25) is 5.32 Å². The normalized spacial score (nSPS) is 16.8. The maximum absolute atomic E-state index is 11.0. The highest BCUT2D eigenvalue weighted by atomic mass is 32.2. The van der Waals surface area contributed by atoms with Gasteiger partial charge in [-0.1, -0.05) is 13.8 Å². The van der Waals surface area contributed by atoms with Gasteiger partial charge in [0.15, 0.2) is 0 Å². The van der Waals surface area contributed by atoms with Crippen molar-refractivity contribution in [3.8, 4) is 6.07 Å². The van der Waals surface area contributed by atoms with Crippen LogP contribution in [0.15, 0.2) is 0 Å². The second kappa shape index (κ2) is 8.03. The van der Waals surface area contributed by atoms with Crippen LogP contribution in [0.3, 0.4) is 0 Å². The third-order valence-corrected chi connectivity index (χ3v) is 4.94. The van der Waals surface area contributed by atoms with E-state index in [1.54, 1.807) is 11.8 Å². The minimum Gasteiger partial charge on any atom is -0.300 e. The van der Waals surface area contributed by atoms with Crippen molar-refractivity contribution in [2.75, 3.05) is 24.3 Å². The Morgan fingerprint density at radius 1 is 1.50 bits per heavy atom. The van der Waals surface area contributed by atoms with Crippen LogP contribution in [0.1, 0.15) is 33.6 Å². The van der Waals surface area contributed by atoms with Crippen LogP contribution in [0, 0.1) is 11.3 Å². The fourth-order valence-electron chi connectivity index (χ4n) is 1.59. The molecule has 2 unspecified atom stereocenters. The largest absolute Gasteiger partial charge is 0.300 e. The molecule has 0 aromatic heterocycles.